The molecule has 0 aliphatic rings. The van der Waals surface area contributed by atoms with Crippen molar-refractivity contribution in [2.75, 3.05) is 6.61 Å². The lowest BCUT2D eigenvalue weighted by atomic mass is 9.96. The minimum Gasteiger partial charge on any atom is -0.481 e. The fourth-order valence-electron chi connectivity index (χ4n) is 0.0676. The zero-order valence-electron chi connectivity index (χ0n) is 8.39. The first-order valence-corrected chi connectivity index (χ1v) is 3.90. The van der Waals surface area contributed by atoms with Crippen molar-refractivity contribution in [3.63, 3.8) is 0 Å². The van der Waals surface area contributed by atoms with Crippen molar-refractivity contribution in [3.05, 3.63) is 0 Å². The standard InChI is InChI=1S/C5H10O3.C3H6O3/c1-5(2,3-6)4(7)8;1-2(4)3(5)6/h6H,3H2,1-2H3,(H,7,8);2,4H,1H3,(H,5,6). The van der Waals surface area contributed by atoms with E-state index in [0.717, 1.165) is 0 Å². The zero-order valence-corrected chi connectivity index (χ0v) is 8.39. The van der Waals surface area contributed by atoms with Crippen molar-refractivity contribution in [2.45, 2.75) is 26.9 Å². The first kappa shape index (κ1) is 15.3. The lowest BCUT2D eigenvalue weighted by Crippen LogP contribution is -2.27. The largest absolute Gasteiger partial charge is 0.481 e. The van der Waals surface area contributed by atoms with Crippen LogP contribution in [0.25, 0.3) is 0 Å². The van der Waals surface area contributed by atoms with Crippen LogP contribution in [0, 0.1) is 5.41 Å². The summed E-state index contributed by atoms with van der Waals surface area (Å²) in [6, 6.07) is 0. The summed E-state index contributed by atoms with van der Waals surface area (Å²) >= 11 is 0. The molecule has 0 bridgehead atoms. The first-order valence-electron chi connectivity index (χ1n) is 3.90. The van der Waals surface area contributed by atoms with Crippen molar-refractivity contribution in [3.8, 4) is 0 Å². The van der Waals surface area contributed by atoms with Crippen LogP contribution in [0.3, 0.4) is 0 Å². The fourth-order valence-corrected chi connectivity index (χ4v) is 0.0676. The third kappa shape index (κ3) is 7.51. The summed E-state index contributed by atoms with van der Waals surface area (Å²) in [5.41, 5.74) is -0.986. The second-order valence-corrected chi connectivity index (χ2v) is 3.36. The third-order valence-corrected chi connectivity index (χ3v) is 1.33. The summed E-state index contributed by atoms with van der Waals surface area (Å²) in [4.78, 5) is 19.5. The summed E-state index contributed by atoms with van der Waals surface area (Å²) in [5.74, 6) is -2.16. The van der Waals surface area contributed by atoms with Crippen molar-refractivity contribution in [2.24, 2.45) is 5.41 Å². The SMILES string of the molecule is CC(C)(CO)C(=O)O.CC(O)C(=O)O. The van der Waals surface area contributed by atoms with Gasteiger partial charge in [-0.05, 0) is 20.8 Å². The van der Waals surface area contributed by atoms with E-state index in [4.69, 9.17) is 20.4 Å². The average Bonchev–Trinajstić information content (AvgIpc) is 2.05. The van der Waals surface area contributed by atoms with E-state index in [9.17, 15) is 9.59 Å². The smallest absolute Gasteiger partial charge is 0.332 e. The van der Waals surface area contributed by atoms with Gasteiger partial charge in [0.15, 0.2) is 0 Å². The van der Waals surface area contributed by atoms with Crippen LogP contribution in [0.5, 0.6) is 0 Å². The maximum atomic E-state index is 10.1. The monoisotopic (exact) mass is 208 g/mol. The van der Waals surface area contributed by atoms with Gasteiger partial charge in [-0.1, -0.05) is 0 Å². The van der Waals surface area contributed by atoms with Gasteiger partial charge in [0.2, 0.25) is 0 Å². The van der Waals surface area contributed by atoms with Crippen molar-refractivity contribution < 1.29 is 30.0 Å². The third-order valence-electron chi connectivity index (χ3n) is 1.33. The van der Waals surface area contributed by atoms with Crippen LogP contribution in [0.15, 0.2) is 0 Å². The molecule has 84 valence electrons. The van der Waals surface area contributed by atoms with Gasteiger partial charge in [-0.25, -0.2) is 4.79 Å². The molecule has 0 saturated carbocycles. The molecule has 0 aliphatic carbocycles. The van der Waals surface area contributed by atoms with Crippen LogP contribution in [0.1, 0.15) is 20.8 Å². The van der Waals surface area contributed by atoms with Gasteiger partial charge < -0.3 is 20.4 Å². The molecule has 1 unspecified atom stereocenters. The second-order valence-electron chi connectivity index (χ2n) is 3.36. The Bertz CT molecular complexity index is 196. The molecule has 0 heterocycles. The molecule has 0 aromatic carbocycles. The highest BCUT2D eigenvalue weighted by Gasteiger charge is 2.25. The maximum Gasteiger partial charge on any atom is 0.332 e. The Morgan fingerprint density at radius 1 is 1.29 bits per heavy atom. The average molecular weight is 208 g/mol. The van der Waals surface area contributed by atoms with E-state index in [1.165, 1.54) is 20.8 Å². The molecule has 6 nitrogen and oxygen atoms in total. The summed E-state index contributed by atoms with van der Waals surface area (Å²) in [5, 5.41) is 32.4. The molecule has 0 aliphatic heterocycles. The molecule has 0 saturated heterocycles. The van der Waals surface area contributed by atoms with E-state index in [1.54, 1.807) is 0 Å². The Morgan fingerprint density at radius 2 is 1.57 bits per heavy atom. The second kappa shape index (κ2) is 6.33. The van der Waals surface area contributed by atoms with Crippen LogP contribution < -0.4 is 0 Å². The molecule has 6 heteroatoms. The summed E-state index contributed by atoms with van der Waals surface area (Å²) in [7, 11) is 0. The predicted molar refractivity (Wildman–Crippen MR) is 47.8 cm³/mol. The van der Waals surface area contributed by atoms with Gasteiger partial charge in [0.05, 0.1) is 12.0 Å². The number of aliphatic hydroxyl groups excluding tert-OH is 2. The number of aliphatic carboxylic acids is 2. The van der Waals surface area contributed by atoms with E-state index in [-0.39, 0.29) is 6.61 Å². The number of carboxylic acids is 2. The normalized spacial score (nSPS) is 12.4. The summed E-state index contributed by atoms with van der Waals surface area (Å²) < 4.78 is 0. The highest BCUT2D eigenvalue weighted by Crippen LogP contribution is 2.12. The van der Waals surface area contributed by atoms with E-state index >= 15 is 0 Å². The molecule has 14 heavy (non-hydrogen) atoms. The van der Waals surface area contributed by atoms with Gasteiger partial charge >= 0.3 is 11.9 Å². The highest BCUT2D eigenvalue weighted by molar-refractivity contribution is 5.73. The van der Waals surface area contributed by atoms with Crippen LogP contribution in [-0.4, -0.2) is 45.1 Å². The molecule has 0 aromatic rings. The number of carboxylic acid groups (broad SMARTS) is 2. The predicted octanol–water partition coefficient (Wildman–Crippen LogP) is -0.459. The molecule has 1 atom stereocenters. The Morgan fingerprint density at radius 3 is 1.57 bits per heavy atom. The first-order chi connectivity index (χ1) is 6.15. The van der Waals surface area contributed by atoms with E-state index in [0.29, 0.717) is 0 Å². The van der Waals surface area contributed by atoms with Gasteiger partial charge in [0.25, 0.3) is 0 Å². The molecule has 0 fully saturated rings. The molecule has 0 spiro atoms. The summed E-state index contributed by atoms with van der Waals surface area (Å²) in [6.45, 7) is 3.81. The fraction of sp³-hybridized carbons (Fsp3) is 0.750. The van der Waals surface area contributed by atoms with Gasteiger partial charge in [0, 0.05) is 0 Å². The summed E-state index contributed by atoms with van der Waals surface area (Å²) in [6.07, 6.45) is -1.23. The molecular weight excluding hydrogens is 192 g/mol. The molecule has 4 N–H and O–H groups in total. The zero-order chi connectivity index (χ0) is 11.9. The van der Waals surface area contributed by atoms with Gasteiger partial charge in [-0.2, -0.15) is 0 Å². The molecule has 0 amide bonds. The Labute approximate surface area is 81.8 Å². The van der Waals surface area contributed by atoms with E-state index < -0.39 is 23.5 Å². The van der Waals surface area contributed by atoms with Crippen LogP contribution in [0.2, 0.25) is 0 Å². The number of hydrogen-bond acceptors (Lipinski definition) is 4. The molecule has 0 rings (SSSR count). The molecular formula is C8H16O6. The van der Waals surface area contributed by atoms with Crippen LogP contribution in [0.4, 0.5) is 0 Å². The number of aliphatic hydroxyl groups is 2. The highest BCUT2D eigenvalue weighted by atomic mass is 16.4. The lowest BCUT2D eigenvalue weighted by Gasteiger charge is -2.13. The topological polar surface area (TPSA) is 115 Å². The minimum absolute atomic E-state index is 0.317. The lowest BCUT2D eigenvalue weighted by molar-refractivity contribution is -0.149. The minimum atomic E-state index is -1.23. The van der Waals surface area contributed by atoms with Crippen molar-refractivity contribution in [1.82, 2.24) is 0 Å². The number of hydrogen-bond donors (Lipinski definition) is 4. The maximum absolute atomic E-state index is 10.1. The van der Waals surface area contributed by atoms with Crippen LogP contribution in [-0.2, 0) is 9.59 Å². The van der Waals surface area contributed by atoms with Gasteiger partial charge in [0.1, 0.15) is 6.10 Å². The number of rotatable bonds is 3. The van der Waals surface area contributed by atoms with E-state index in [2.05, 4.69) is 0 Å². The van der Waals surface area contributed by atoms with Gasteiger partial charge in [-0.3, -0.25) is 4.79 Å². The quantitative estimate of drug-likeness (QED) is 0.499. The molecule has 0 radical (unpaired) electrons. The van der Waals surface area contributed by atoms with E-state index in [1.807, 2.05) is 0 Å². The molecule has 0 aromatic heterocycles. The van der Waals surface area contributed by atoms with Crippen molar-refractivity contribution >= 4 is 11.9 Å². The van der Waals surface area contributed by atoms with Gasteiger partial charge in [-0.15, -0.1) is 0 Å². The Balaban J connectivity index is 0. The Kier molecular flexibility index (Phi) is 6.94. The van der Waals surface area contributed by atoms with Crippen molar-refractivity contribution in [1.29, 1.82) is 0 Å². The Hall–Kier alpha value is -1.14. The number of carbonyl (C=O) groups is 2. The van der Waals surface area contributed by atoms with Crippen LogP contribution >= 0.6 is 0 Å².